The first-order valence-electron chi connectivity index (χ1n) is 14.3. The normalized spacial score (nSPS) is 14.0. The lowest BCUT2D eigenvalue weighted by atomic mass is 10.0. The van der Waals surface area contributed by atoms with E-state index in [-0.39, 0.29) is 5.82 Å². The van der Waals surface area contributed by atoms with Crippen LogP contribution in [0.4, 0.5) is 4.39 Å². The zero-order valence-corrected chi connectivity index (χ0v) is 23.0. The van der Waals surface area contributed by atoms with Crippen molar-refractivity contribution in [3.05, 3.63) is 78.1 Å². The van der Waals surface area contributed by atoms with Gasteiger partial charge in [0.05, 0.1) is 10.9 Å². The van der Waals surface area contributed by atoms with Gasteiger partial charge in [-0.2, -0.15) is 5.10 Å². The number of rotatable bonds is 8. The van der Waals surface area contributed by atoms with Crippen molar-refractivity contribution < 1.29 is 4.39 Å². The monoisotopic (exact) mass is 546 g/mol. The van der Waals surface area contributed by atoms with E-state index < -0.39 is 0 Å². The van der Waals surface area contributed by atoms with Gasteiger partial charge in [-0.3, -0.25) is 10.1 Å². The zero-order valence-electron chi connectivity index (χ0n) is 23.0. The summed E-state index contributed by atoms with van der Waals surface area (Å²) in [4.78, 5) is 24.2. The standard InChI is InChI=1S/C32H31FN8/c1-2-20-12-23(18-34-17-20)24-16-27-29(39-40-30(27)36-19-24)32-37-28-26(7-8-35-31(28)38-32)22-13-21(14-25(33)15-22)6-5-11-41-9-3-4-10-41/h7-8,12-19H,2-6,9-11H2,1H3,(H,35,37,38)(H,36,39,40). The molecule has 0 aliphatic carbocycles. The van der Waals surface area contributed by atoms with Crippen LogP contribution in [0.1, 0.15) is 37.3 Å². The first-order chi connectivity index (χ1) is 20.1. The number of aryl methyl sites for hydroxylation is 2. The van der Waals surface area contributed by atoms with Crippen LogP contribution < -0.4 is 0 Å². The highest BCUT2D eigenvalue weighted by atomic mass is 19.1. The van der Waals surface area contributed by atoms with E-state index in [2.05, 4.69) is 60.2 Å². The highest BCUT2D eigenvalue weighted by molar-refractivity contribution is 5.96. The minimum absolute atomic E-state index is 0.233. The highest BCUT2D eigenvalue weighted by Crippen LogP contribution is 2.32. The second-order valence-corrected chi connectivity index (χ2v) is 10.8. The molecule has 0 saturated carbocycles. The summed E-state index contributed by atoms with van der Waals surface area (Å²) >= 11 is 0. The molecule has 2 N–H and O–H groups in total. The Morgan fingerprint density at radius 3 is 2.63 bits per heavy atom. The average molecular weight is 547 g/mol. The fourth-order valence-electron chi connectivity index (χ4n) is 5.81. The number of pyridine rings is 3. The van der Waals surface area contributed by atoms with Crippen molar-refractivity contribution in [1.82, 2.24) is 40.0 Å². The van der Waals surface area contributed by atoms with Crippen LogP contribution in [0.3, 0.4) is 0 Å². The number of benzene rings is 1. The van der Waals surface area contributed by atoms with E-state index in [1.807, 2.05) is 24.7 Å². The number of nitrogens with zero attached hydrogens (tertiary/aromatic N) is 6. The van der Waals surface area contributed by atoms with Crippen LogP contribution in [0, 0.1) is 5.82 Å². The Hall–Kier alpha value is -4.50. The lowest BCUT2D eigenvalue weighted by Gasteiger charge is -2.14. The van der Waals surface area contributed by atoms with Gasteiger partial charge in [-0.05, 0) is 98.8 Å². The molecule has 1 saturated heterocycles. The summed E-state index contributed by atoms with van der Waals surface area (Å²) in [5.41, 5.74) is 8.43. The number of hydrogen-bond acceptors (Lipinski definition) is 6. The maximum absolute atomic E-state index is 14.8. The molecule has 0 spiro atoms. The minimum atomic E-state index is -0.233. The molecule has 206 valence electrons. The number of likely N-dealkylation sites (tertiary alicyclic amines) is 1. The van der Waals surface area contributed by atoms with Crippen molar-refractivity contribution in [3.63, 3.8) is 0 Å². The number of hydrogen-bond donors (Lipinski definition) is 2. The number of imidazole rings is 1. The summed E-state index contributed by atoms with van der Waals surface area (Å²) < 4.78 is 14.8. The van der Waals surface area contributed by atoms with Gasteiger partial charge in [0.25, 0.3) is 0 Å². The van der Waals surface area contributed by atoms with E-state index in [0.717, 1.165) is 75.8 Å². The molecule has 0 atom stereocenters. The van der Waals surface area contributed by atoms with Crippen LogP contribution >= 0.6 is 0 Å². The first-order valence-corrected chi connectivity index (χ1v) is 14.3. The number of H-pyrrole nitrogens is 2. The molecule has 0 unspecified atom stereocenters. The molecule has 8 nitrogen and oxygen atoms in total. The van der Waals surface area contributed by atoms with Crippen molar-refractivity contribution in [1.29, 1.82) is 0 Å². The zero-order chi connectivity index (χ0) is 27.8. The topological polar surface area (TPSA) is 99.3 Å². The number of fused-ring (bicyclic) bond motifs is 2. The summed E-state index contributed by atoms with van der Waals surface area (Å²) in [7, 11) is 0. The minimum Gasteiger partial charge on any atom is -0.335 e. The van der Waals surface area contributed by atoms with Crippen molar-refractivity contribution >= 4 is 22.2 Å². The Labute approximate surface area is 237 Å². The summed E-state index contributed by atoms with van der Waals surface area (Å²) in [5.74, 6) is 0.368. The number of aromatic amines is 2. The van der Waals surface area contributed by atoms with Crippen LogP contribution in [0.15, 0.2) is 61.2 Å². The predicted molar refractivity (Wildman–Crippen MR) is 159 cm³/mol. The lowest BCUT2D eigenvalue weighted by molar-refractivity contribution is 0.334. The Bertz CT molecular complexity index is 1850. The third kappa shape index (κ3) is 5.09. The van der Waals surface area contributed by atoms with Crippen LogP contribution in [0.5, 0.6) is 0 Å². The van der Waals surface area contributed by atoms with Crippen molar-refractivity contribution in [2.45, 2.75) is 39.0 Å². The molecule has 1 aliphatic heterocycles. The van der Waals surface area contributed by atoms with Crippen LogP contribution in [-0.2, 0) is 12.8 Å². The van der Waals surface area contributed by atoms with Crippen molar-refractivity contribution in [3.8, 4) is 33.8 Å². The van der Waals surface area contributed by atoms with Gasteiger partial charge in [0.1, 0.15) is 11.5 Å². The van der Waals surface area contributed by atoms with E-state index in [0.29, 0.717) is 17.1 Å². The Kier molecular flexibility index (Phi) is 6.72. The molecule has 0 radical (unpaired) electrons. The molecule has 1 aromatic carbocycles. The average Bonchev–Trinajstić information content (AvgIpc) is 3.76. The summed E-state index contributed by atoms with van der Waals surface area (Å²) in [5, 5.41) is 8.36. The van der Waals surface area contributed by atoms with Gasteiger partial charge in [0.2, 0.25) is 0 Å². The molecule has 7 rings (SSSR count). The molecule has 6 aromatic rings. The van der Waals surface area contributed by atoms with E-state index in [9.17, 15) is 4.39 Å². The fourth-order valence-corrected chi connectivity index (χ4v) is 5.81. The molecule has 0 amide bonds. The molecule has 9 heteroatoms. The molecule has 1 aliphatic rings. The molecule has 0 bridgehead atoms. The van der Waals surface area contributed by atoms with Crippen LogP contribution in [-0.4, -0.2) is 59.7 Å². The molecule has 1 fully saturated rings. The van der Waals surface area contributed by atoms with Gasteiger partial charge in [-0.1, -0.05) is 13.0 Å². The second-order valence-electron chi connectivity index (χ2n) is 10.8. The number of nitrogens with one attached hydrogen (secondary N) is 2. The molecule has 6 heterocycles. The summed E-state index contributed by atoms with van der Waals surface area (Å²) in [6, 6.07) is 11.4. The smallest absolute Gasteiger partial charge is 0.181 e. The third-order valence-electron chi connectivity index (χ3n) is 7.98. The van der Waals surface area contributed by atoms with Gasteiger partial charge in [-0.25, -0.2) is 19.3 Å². The summed E-state index contributed by atoms with van der Waals surface area (Å²) in [6.45, 7) is 5.53. The van der Waals surface area contributed by atoms with E-state index in [1.54, 1.807) is 18.3 Å². The van der Waals surface area contributed by atoms with Crippen LogP contribution in [0.25, 0.3) is 56.0 Å². The molecular formula is C32H31FN8. The lowest BCUT2D eigenvalue weighted by Crippen LogP contribution is -2.20. The SMILES string of the molecule is CCc1cncc(-c2cnc3n[nH]c(-c4nc5nccc(-c6cc(F)cc(CCCN7CCCC7)c6)c5[nH]4)c3c2)c1. The van der Waals surface area contributed by atoms with Gasteiger partial charge in [0, 0.05) is 41.5 Å². The number of halogens is 1. The Morgan fingerprint density at radius 1 is 0.902 bits per heavy atom. The van der Waals surface area contributed by atoms with Crippen molar-refractivity contribution in [2.75, 3.05) is 19.6 Å². The predicted octanol–water partition coefficient (Wildman–Crippen LogP) is 6.36. The third-order valence-corrected chi connectivity index (χ3v) is 7.98. The van der Waals surface area contributed by atoms with E-state index in [1.165, 1.54) is 25.9 Å². The van der Waals surface area contributed by atoms with Crippen molar-refractivity contribution in [2.24, 2.45) is 0 Å². The van der Waals surface area contributed by atoms with Gasteiger partial charge < -0.3 is 9.88 Å². The van der Waals surface area contributed by atoms with Gasteiger partial charge in [0.15, 0.2) is 17.1 Å². The van der Waals surface area contributed by atoms with Gasteiger partial charge in [-0.15, -0.1) is 0 Å². The molecule has 41 heavy (non-hydrogen) atoms. The number of aromatic nitrogens is 7. The molecular weight excluding hydrogens is 515 g/mol. The fraction of sp³-hybridized carbons (Fsp3) is 0.281. The van der Waals surface area contributed by atoms with Crippen LogP contribution in [0.2, 0.25) is 0 Å². The van der Waals surface area contributed by atoms with E-state index in [4.69, 9.17) is 4.98 Å². The van der Waals surface area contributed by atoms with Gasteiger partial charge >= 0.3 is 0 Å². The largest absolute Gasteiger partial charge is 0.335 e. The Balaban J connectivity index is 1.23. The quantitative estimate of drug-likeness (QED) is 0.231. The van der Waals surface area contributed by atoms with E-state index >= 15 is 0 Å². The Morgan fingerprint density at radius 2 is 1.76 bits per heavy atom. The maximum atomic E-state index is 14.8. The second kappa shape index (κ2) is 10.8. The molecule has 5 aromatic heterocycles. The maximum Gasteiger partial charge on any atom is 0.181 e. The summed E-state index contributed by atoms with van der Waals surface area (Å²) in [6.07, 6.45) is 12.6. The first kappa shape index (κ1) is 25.5. The highest BCUT2D eigenvalue weighted by Gasteiger charge is 2.18.